The second kappa shape index (κ2) is 5.10. The van der Waals surface area contributed by atoms with Crippen LogP contribution in [0.25, 0.3) is 0 Å². The Labute approximate surface area is 88.5 Å². The highest BCUT2D eigenvalue weighted by molar-refractivity contribution is 6.70. The van der Waals surface area contributed by atoms with Crippen LogP contribution < -0.4 is 0 Å². The first-order valence-electron chi connectivity index (χ1n) is 5.52. The van der Waals surface area contributed by atoms with Crippen LogP contribution in [0.3, 0.4) is 0 Å². The molecule has 14 heavy (non-hydrogen) atoms. The molecule has 0 amide bonds. The second-order valence-corrected chi connectivity index (χ2v) is 8.78. The fourth-order valence-corrected chi connectivity index (χ4v) is 5.57. The van der Waals surface area contributed by atoms with E-state index in [0.717, 1.165) is 19.6 Å². The van der Waals surface area contributed by atoms with Crippen LogP contribution in [0.1, 0.15) is 34.1 Å². The van der Waals surface area contributed by atoms with E-state index in [9.17, 15) is 0 Å². The lowest BCUT2D eigenvalue weighted by Crippen LogP contribution is -2.48. The van der Waals surface area contributed by atoms with Crippen LogP contribution in [0, 0.1) is 0 Å². The zero-order valence-electron chi connectivity index (χ0n) is 9.75. The van der Waals surface area contributed by atoms with Crippen LogP contribution in [-0.4, -0.2) is 21.8 Å². The van der Waals surface area contributed by atoms with E-state index in [2.05, 4.69) is 39.8 Å². The van der Waals surface area contributed by atoms with Gasteiger partial charge in [-0.15, -0.1) is 0 Å². The minimum atomic E-state index is -1.97. The lowest BCUT2D eigenvalue weighted by atomic mass is 10.4. The maximum atomic E-state index is 6.06. The third kappa shape index (κ3) is 2.46. The van der Waals surface area contributed by atoms with E-state index in [4.69, 9.17) is 8.85 Å². The van der Waals surface area contributed by atoms with E-state index in [1.54, 1.807) is 0 Å². The Morgan fingerprint density at radius 2 is 1.64 bits per heavy atom. The summed E-state index contributed by atoms with van der Waals surface area (Å²) in [5, 5.41) is 0. The van der Waals surface area contributed by atoms with Gasteiger partial charge < -0.3 is 8.85 Å². The molecule has 0 aromatic heterocycles. The standard InChI is InChI=1S/C11H22O2Si/c1-10(2)14(11(3)4)12-8-6-5-7-9-13-14/h5-6,10-11H,7-9H2,1-4H3/b6-5-. The molecule has 0 aromatic rings. The van der Waals surface area contributed by atoms with Crippen molar-refractivity contribution in [2.45, 2.75) is 45.2 Å². The van der Waals surface area contributed by atoms with Crippen molar-refractivity contribution in [3.8, 4) is 0 Å². The van der Waals surface area contributed by atoms with E-state index in [1.165, 1.54) is 0 Å². The Bertz CT molecular complexity index is 191. The molecular formula is C11H22O2Si. The molecule has 0 fully saturated rings. The minimum Gasteiger partial charge on any atom is -0.394 e. The topological polar surface area (TPSA) is 18.5 Å². The molecule has 2 nitrogen and oxygen atoms in total. The maximum Gasteiger partial charge on any atom is 0.343 e. The predicted octanol–water partition coefficient (Wildman–Crippen LogP) is 3.24. The van der Waals surface area contributed by atoms with Gasteiger partial charge in [0.05, 0.1) is 6.61 Å². The molecule has 0 saturated heterocycles. The highest BCUT2D eigenvalue weighted by atomic mass is 28.4. The third-order valence-electron chi connectivity index (χ3n) is 2.79. The SMILES string of the molecule is CC(C)[Si]1(C(C)C)OC/C=C\CCO1. The number of hydrogen-bond donors (Lipinski definition) is 0. The van der Waals surface area contributed by atoms with Crippen molar-refractivity contribution in [1.29, 1.82) is 0 Å². The smallest absolute Gasteiger partial charge is 0.343 e. The van der Waals surface area contributed by atoms with Crippen LogP contribution in [-0.2, 0) is 8.85 Å². The monoisotopic (exact) mass is 214 g/mol. The summed E-state index contributed by atoms with van der Waals surface area (Å²) >= 11 is 0. The highest BCUT2D eigenvalue weighted by Gasteiger charge is 2.44. The zero-order valence-corrected chi connectivity index (χ0v) is 10.7. The molecule has 0 radical (unpaired) electrons. The van der Waals surface area contributed by atoms with Crippen LogP contribution in [0.4, 0.5) is 0 Å². The van der Waals surface area contributed by atoms with Crippen LogP contribution in [0.5, 0.6) is 0 Å². The Hall–Kier alpha value is -0.123. The third-order valence-corrected chi connectivity index (χ3v) is 7.29. The van der Waals surface area contributed by atoms with E-state index in [0.29, 0.717) is 11.1 Å². The van der Waals surface area contributed by atoms with E-state index >= 15 is 0 Å². The molecule has 82 valence electrons. The molecule has 1 heterocycles. The molecule has 0 aromatic carbocycles. The molecular weight excluding hydrogens is 192 g/mol. The number of hydrogen-bond acceptors (Lipinski definition) is 2. The van der Waals surface area contributed by atoms with Crippen molar-refractivity contribution in [3.63, 3.8) is 0 Å². The van der Waals surface area contributed by atoms with Gasteiger partial charge in [0.1, 0.15) is 0 Å². The second-order valence-electron chi connectivity index (χ2n) is 4.45. The van der Waals surface area contributed by atoms with Crippen molar-refractivity contribution in [2.24, 2.45) is 0 Å². The zero-order chi connectivity index (χ0) is 10.6. The summed E-state index contributed by atoms with van der Waals surface area (Å²) in [6.07, 6.45) is 5.28. The summed E-state index contributed by atoms with van der Waals surface area (Å²) in [5.74, 6) is 0. The van der Waals surface area contributed by atoms with Gasteiger partial charge in [0.2, 0.25) is 0 Å². The summed E-state index contributed by atoms with van der Waals surface area (Å²) in [4.78, 5) is 0. The summed E-state index contributed by atoms with van der Waals surface area (Å²) < 4.78 is 12.1. The molecule has 0 atom stereocenters. The fourth-order valence-electron chi connectivity index (χ4n) is 2.03. The van der Waals surface area contributed by atoms with Gasteiger partial charge in [-0.05, 0) is 17.5 Å². The van der Waals surface area contributed by atoms with Crippen molar-refractivity contribution in [2.75, 3.05) is 13.2 Å². The average Bonchev–Trinajstić information content (AvgIpc) is 2.02. The van der Waals surface area contributed by atoms with Gasteiger partial charge >= 0.3 is 8.56 Å². The fraction of sp³-hybridized carbons (Fsp3) is 0.818. The molecule has 0 bridgehead atoms. The van der Waals surface area contributed by atoms with Crippen LogP contribution >= 0.6 is 0 Å². The minimum absolute atomic E-state index is 0.522. The van der Waals surface area contributed by atoms with Crippen LogP contribution in [0.2, 0.25) is 11.1 Å². The Morgan fingerprint density at radius 3 is 2.21 bits per heavy atom. The molecule has 1 rings (SSSR count). The quantitative estimate of drug-likeness (QED) is 0.519. The van der Waals surface area contributed by atoms with Gasteiger partial charge in [0.15, 0.2) is 0 Å². The van der Waals surface area contributed by atoms with E-state index in [1.807, 2.05) is 0 Å². The first-order valence-corrected chi connectivity index (χ1v) is 7.49. The van der Waals surface area contributed by atoms with Gasteiger partial charge in [0, 0.05) is 6.61 Å². The van der Waals surface area contributed by atoms with Gasteiger partial charge in [-0.3, -0.25) is 0 Å². The van der Waals surface area contributed by atoms with E-state index < -0.39 is 8.56 Å². The van der Waals surface area contributed by atoms with Crippen molar-refractivity contribution >= 4 is 8.56 Å². The molecule has 0 N–H and O–H groups in total. The van der Waals surface area contributed by atoms with E-state index in [-0.39, 0.29) is 0 Å². The molecule has 0 unspecified atom stereocenters. The Kier molecular flexibility index (Phi) is 4.35. The Morgan fingerprint density at radius 1 is 1.00 bits per heavy atom. The van der Waals surface area contributed by atoms with Gasteiger partial charge in [-0.2, -0.15) is 0 Å². The van der Waals surface area contributed by atoms with Crippen LogP contribution in [0.15, 0.2) is 12.2 Å². The van der Waals surface area contributed by atoms with Gasteiger partial charge in [-0.1, -0.05) is 39.8 Å². The summed E-state index contributed by atoms with van der Waals surface area (Å²) in [5.41, 5.74) is 1.04. The highest BCUT2D eigenvalue weighted by Crippen LogP contribution is 2.34. The molecule has 0 saturated carbocycles. The summed E-state index contributed by atoms with van der Waals surface area (Å²) in [6, 6.07) is 0. The average molecular weight is 214 g/mol. The molecule has 1 aliphatic heterocycles. The lowest BCUT2D eigenvalue weighted by molar-refractivity contribution is 0.165. The number of rotatable bonds is 2. The predicted molar refractivity (Wildman–Crippen MR) is 61.6 cm³/mol. The summed E-state index contributed by atoms with van der Waals surface area (Å²) in [7, 11) is -1.97. The van der Waals surface area contributed by atoms with Crippen molar-refractivity contribution in [1.82, 2.24) is 0 Å². The van der Waals surface area contributed by atoms with Crippen molar-refractivity contribution in [3.05, 3.63) is 12.2 Å². The first kappa shape index (κ1) is 11.9. The maximum absolute atomic E-state index is 6.06. The van der Waals surface area contributed by atoms with Crippen molar-refractivity contribution < 1.29 is 8.85 Å². The molecule has 3 heteroatoms. The largest absolute Gasteiger partial charge is 0.394 e. The molecule has 0 aliphatic carbocycles. The molecule has 0 spiro atoms. The van der Waals surface area contributed by atoms with Gasteiger partial charge in [-0.25, -0.2) is 0 Å². The molecule has 1 aliphatic rings. The lowest BCUT2D eigenvalue weighted by Gasteiger charge is -2.37. The Balaban J connectivity index is 2.78. The normalized spacial score (nSPS) is 24.7. The summed E-state index contributed by atoms with van der Waals surface area (Å²) in [6.45, 7) is 10.4. The first-order chi connectivity index (χ1) is 6.59. The van der Waals surface area contributed by atoms with Gasteiger partial charge in [0.25, 0.3) is 0 Å².